The van der Waals surface area contributed by atoms with E-state index in [1.165, 1.54) is 39.8 Å². The number of β-lactam (4-membered cyclic amide) rings is 1. The van der Waals surface area contributed by atoms with E-state index in [1.54, 1.807) is 5.40 Å². The van der Waals surface area contributed by atoms with Gasteiger partial charge in [-0.25, -0.2) is 4.79 Å². The summed E-state index contributed by atoms with van der Waals surface area (Å²) in [6, 6.07) is -0.881. The molecule has 1 aromatic rings. The van der Waals surface area contributed by atoms with Gasteiger partial charge in [-0.2, -0.15) is 5.26 Å². The molecular formula is C16H15N5O5S4. The maximum Gasteiger partial charge on any atom is 0.352 e. The molecule has 14 heteroatoms. The van der Waals surface area contributed by atoms with Crippen molar-refractivity contribution in [3.63, 3.8) is 0 Å². The third-order valence-electron chi connectivity index (χ3n) is 4.10. The monoisotopic (exact) mass is 485 g/mol. The average Bonchev–Trinajstić information content (AvgIpc) is 3.13. The molecule has 1 saturated heterocycles. The second-order valence-electron chi connectivity index (χ2n) is 6.18. The van der Waals surface area contributed by atoms with Crippen molar-refractivity contribution >= 4 is 70.2 Å². The van der Waals surface area contributed by atoms with Gasteiger partial charge in [-0.15, -0.1) is 22.0 Å². The molecule has 158 valence electrons. The highest BCUT2D eigenvalue weighted by molar-refractivity contribution is 8.04. The van der Waals surface area contributed by atoms with Gasteiger partial charge in [0.15, 0.2) is 10.1 Å². The van der Waals surface area contributed by atoms with Crippen LogP contribution in [-0.4, -0.2) is 72.4 Å². The topological polar surface area (TPSA) is 153 Å². The molecule has 1 aromatic heterocycles. The molecule has 1 unspecified atom stereocenters. The van der Waals surface area contributed by atoms with E-state index in [0.29, 0.717) is 17.1 Å². The number of Topliss-reactive ketones (excluding diaryl/α,β-unsaturated/α-hetero) is 1. The largest absolute Gasteiger partial charge is 0.477 e. The summed E-state index contributed by atoms with van der Waals surface area (Å²) in [5.74, 6) is -2.11. The molecular weight excluding hydrogens is 470 g/mol. The summed E-state index contributed by atoms with van der Waals surface area (Å²) in [6.45, 7) is 1.83. The molecule has 0 radical (unpaired) electrons. The van der Waals surface area contributed by atoms with Crippen LogP contribution in [0.4, 0.5) is 0 Å². The Kier molecular flexibility index (Phi) is 7.40. The Balaban J connectivity index is 1.64. The number of ketones is 1. The first-order valence-electron chi connectivity index (χ1n) is 8.46. The highest BCUT2D eigenvalue weighted by Crippen LogP contribution is 2.41. The van der Waals surface area contributed by atoms with Crippen molar-refractivity contribution in [2.45, 2.75) is 29.1 Å². The summed E-state index contributed by atoms with van der Waals surface area (Å²) >= 11 is 4.87. The van der Waals surface area contributed by atoms with Crippen LogP contribution in [0.15, 0.2) is 15.6 Å². The van der Waals surface area contributed by atoms with Crippen LogP contribution in [0.25, 0.3) is 0 Å². The molecule has 2 aliphatic rings. The van der Waals surface area contributed by atoms with Gasteiger partial charge in [0.2, 0.25) is 5.91 Å². The van der Waals surface area contributed by atoms with Crippen molar-refractivity contribution in [2.24, 2.45) is 0 Å². The smallest absolute Gasteiger partial charge is 0.352 e. The molecule has 0 aliphatic carbocycles. The summed E-state index contributed by atoms with van der Waals surface area (Å²) < 4.78 is 0.719. The molecule has 2 amide bonds. The summed E-state index contributed by atoms with van der Waals surface area (Å²) in [5.41, 5.74) is 0.535. The number of aryl methyl sites for hydroxylation is 1. The number of aliphatic carboxylic acids is 1. The molecule has 2 atom stereocenters. The molecule has 2 N–H and O–H groups in total. The standard InChI is InChI=1S/C16H15N5O5S4/c1-7-19-20-16(30-7)29-4-8-3-28-14-11(13(24)21(14)12(8)15(25)26)18-10(23)2-9(22)5-27-6-17/h11,14H,2-5H2,1H3,(H,18,23)(H,25,26)/t11?,14-/m0/s1. The summed E-state index contributed by atoms with van der Waals surface area (Å²) in [6.07, 6.45) is -0.430. The number of amides is 2. The number of fused-ring (bicyclic) bond motifs is 1. The number of hydrogen-bond donors (Lipinski definition) is 2. The van der Waals surface area contributed by atoms with Crippen molar-refractivity contribution in [2.75, 3.05) is 17.3 Å². The third-order valence-corrected chi connectivity index (χ3v) is 8.09. The van der Waals surface area contributed by atoms with Gasteiger partial charge in [0.25, 0.3) is 5.91 Å². The van der Waals surface area contributed by atoms with Crippen LogP contribution in [0.5, 0.6) is 0 Å². The normalized spacial score (nSPS) is 20.3. The maximum atomic E-state index is 12.6. The highest BCUT2D eigenvalue weighted by Gasteiger charge is 2.54. The highest BCUT2D eigenvalue weighted by atomic mass is 32.2. The van der Waals surface area contributed by atoms with Gasteiger partial charge in [-0.05, 0) is 24.3 Å². The quantitative estimate of drug-likeness (QED) is 0.221. The van der Waals surface area contributed by atoms with Crippen LogP contribution in [0, 0.1) is 17.6 Å². The fraction of sp³-hybridized carbons (Fsp3) is 0.438. The first-order valence-corrected chi connectivity index (χ1v) is 12.3. The molecule has 3 heterocycles. The fourth-order valence-corrected chi connectivity index (χ4v) is 6.48. The average molecular weight is 486 g/mol. The molecule has 30 heavy (non-hydrogen) atoms. The SMILES string of the molecule is Cc1nnc(SCC2=C(C(=O)O)N3C(=O)C(NC(=O)CC(=O)CSC#N)[C@@H]3SC2)s1. The van der Waals surface area contributed by atoms with E-state index in [1.807, 2.05) is 6.92 Å². The van der Waals surface area contributed by atoms with E-state index in [-0.39, 0.29) is 11.4 Å². The van der Waals surface area contributed by atoms with Crippen LogP contribution in [0.1, 0.15) is 11.4 Å². The molecule has 2 aliphatic heterocycles. The van der Waals surface area contributed by atoms with E-state index in [9.17, 15) is 24.3 Å². The lowest BCUT2D eigenvalue weighted by Gasteiger charge is -2.49. The number of carbonyl (C=O) groups excluding carboxylic acids is 3. The second kappa shape index (κ2) is 9.82. The first-order chi connectivity index (χ1) is 14.3. The Morgan fingerprint density at radius 2 is 2.17 bits per heavy atom. The number of nitrogens with one attached hydrogen (secondary N) is 1. The van der Waals surface area contributed by atoms with E-state index in [4.69, 9.17) is 5.26 Å². The minimum absolute atomic E-state index is 0.0653. The summed E-state index contributed by atoms with van der Waals surface area (Å²) in [4.78, 5) is 49.2. The van der Waals surface area contributed by atoms with Crippen LogP contribution in [-0.2, 0) is 19.2 Å². The zero-order valence-corrected chi connectivity index (χ0v) is 18.8. The van der Waals surface area contributed by atoms with Crippen LogP contribution in [0.2, 0.25) is 0 Å². The molecule has 0 bridgehead atoms. The predicted octanol–water partition coefficient (Wildman–Crippen LogP) is 0.851. The Bertz CT molecular complexity index is 971. The number of thiocyanates is 1. The number of rotatable bonds is 9. The van der Waals surface area contributed by atoms with E-state index < -0.39 is 41.4 Å². The van der Waals surface area contributed by atoms with E-state index in [0.717, 1.165) is 21.1 Å². The lowest BCUT2D eigenvalue weighted by molar-refractivity contribution is -0.150. The number of thioether (sulfide) groups is 3. The van der Waals surface area contributed by atoms with Gasteiger partial charge >= 0.3 is 5.97 Å². The molecule has 0 aromatic carbocycles. The third kappa shape index (κ3) is 4.97. The van der Waals surface area contributed by atoms with Gasteiger partial charge < -0.3 is 10.4 Å². The van der Waals surface area contributed by atoms with Crippen molar-refractivity contribution in [1.29, 1.82) is 5.26 Å². The van der Waals surface area contributed by atoms with Gasteiger partial charge in [0.05, 0.1) is 12.2 Å². The molecule has 10 nitrogen and oxygen atoms in total. The van der Waals surface area contributed by atoms with Gasteiger partial charge in [0.1, 0.15) is 27.5 Å². The minimum atomic E-state index is -1.20. The second-order valence-corrected chi connectivity index (χ2v) is 10.5. The fourth-order valence-electron chi connectivity index (χ4n) is 2.85. The van der Waals surface area contributed by atoms with Gasteiger partial charge in [-0.3, -0.25) is 19.3 Å². The zero-order valence-electron chi connectivity index (χ0n) is 15.5. The Morgan fingerprint density at radius 3 is 2.80 bits per heavy atom. The van der Waals surface area contributed by atoms with Gasteiger partial charge in [0, 0.05) is 11.5 Å². The minimum Gasteiger partial charge on any atom is -0.477 e. The summed E-state index contributed by atoms with van der Waals surface area (Å²) in [7, 11) is 0. The number of aromatic nitrogens is 2. The molecule has 0 spiro atoms. The zero-order chi connectivity index (χ0) is 21.8. The number of carbonyl (C=O) groups is 4. The maximum absolute atomic E-state index is 12.6. The molecule has 1 fully saturated rings. The Hall–Kier alpha value is -2.08. The van der Waals surface area contributed by atoms with Crippen molar-refractivity contribution in [3.8, 4) is 5.40 Å². The summed E-state index contributed by atoms with van der Waals surface area (Å²) in [5, 5.41) is 30.6. The first kappa shape index (κ1) is 22.6. The van der Waals surface area contributed by atoms with Crippen LogP contribution >= 0.6 is 46.6 Å². The number of carboxylic acid groups (broad SMARTS) is 1. The lowest BCUT2D eigenvalue weighted by atomic mass is 10.0. The lowest BCUT2D eigenvalue weighted by Crippen LogP contribution is -2.70. The Labute approximate surface area is 187 Å². The number of nitrogens with zero attached hydrogens (tertiary/aromatic N) is 4. The molecule has 3 rings (SSSR count). The van der Waals surface area contributed by atoms with Crippen LogP contribution in [0.3, 0.4) is 0 Å². The van der Waals surface area contributed by atoms with Crippen molar-refractivity contribution in [1.82, 2.24) is 20.4 Å². The van der Waals surface area contributed by atoms with Crippen molar-refractivity contribution < 1.29 is 24.3 Å². The predicted molar refractivity (Wildman–Crippen MR) is 113 cm³/mol. The van der Waals surface area contributed by atoms with Crippen LogP contribution < -0.4 is 5.32 Å². The number of hydrogen-bond acceptors (Lipinski definition) is 11. The van der Waals surface area contributed by atoms with E-state index in [2.05, 4.69) is 15.5 Å². The number of carboxylic acids is 1. The van der Waals surface area contributed by atoms with Gasteiger partial charge in [-0.1, -0.05) is 23.1 Å². The van der Waals surface area contributed by atoms with Crippen molar-refractivity contribution in [3.05, 3.63) is 16.3 Å². The van der Waals surface area contributed by atoms with E-state index >= 15 is 0 Å². The Morgan fingerprint density at radius 1 is 1.40 bits per heavy atom. The number of nitriles is 1. The molecule has 0 saturated carbocycles.